The van der Waals surface area contributed by atoms with Crippen LogP contribution in [0.5, 0.6) is 0 Å². The Labute approximate surface area is 101 Å². The van der Waals surface area contributed by atoms with Gasteiger partial charge < -0.3 is 9.63 Å². The lowest BCUT2D eigenvalue weighted by molar-refractivity contribution is -0.0184. The summed E-state index contributed by atoms with van der Waals surface area (Å²) in [6.07, 6.45) is 5.08. The smallest absolute Gasteiger partial charge is 0.229 e. The molecular formula is C13H20N2O2. The van der Waals surface area contributed by atoms with Crippen molar-refractivity contribution in [3.05, 3.63) is 11.7 Å². The van der Waals surface area contributed by atoms with E-state index >= 15 is 0 Å². The first-order valence-corrected chi connectivity index (χ1v) is 6.62. The molecule has 0 saturated heterocycles. The fourth-order valence-corrected chi connectivity index (χ4v) is 3.47. The van der Waals surface area contributed by atoms with E-state index in [1.54, 1.807) is 0 Å². The summed E-state index contributed by atoms with van der Waals surface area (Å²) in [6, 6.07) is 0. The summed E-state index contributed by atoms with van der Waals surface area (Å²) < 4.78 is 5.24. The number of aliphatic hydroxyl groups is 1. The summed E-state index contributed by atoms with van der Waals surface area (Å²) in [7, 11) is 0. The van der Waals surface area contributed by atoms with E-state index in [0.29, 0.717) is 18.2 Å². The van der Waals surface area contributed by atoms with Gasteiger partial charge in [0.1, 0.15) is 0 Å². The van der Waals surface area contributed by atoms with Crippen molar-refractivity contribution in [1.82, 2.24) is 10.1 Å². The van der Waals surface area contributed by atoms with E-state index in [1.807, 2.05) is 13.8 Å². The van der Waals surface area contributed by atoms with Crippen LogP contribution in [0.15, 0.2) is 4.52 Å². The summed E-state index contributed by atoms with van der Waals surface area (Å²) in [5, 5.41) is 14.6. The number of nitrogens with zero attached hydrogens (tertiary/aromatic N) is 2. The maximum Gasteiger partial charge on any atom is 0.229 e. The summed E-state index contributed by atoms with van der Waals surface area (Å²) >= 11 is 0. The maximum absolute atomic E-state index is 10.7. The Morgan fingerprint density at radius 2 is 2.29 bits per heavy atom. The van der Waals surface area contributed by atoms with E-state index in [0.717, 1.165) is 24.6 Å². The van der Waals surface area contributed by atoms with Gasteiger partial charge >= 0.3 is 0 Å². The van der Waals surface area contributed by atoms with Crippen LogP contribution in [0.4, 0.5) is 0 Å². The van der Waals surface area contributed by atoms with Gasteiger partial charge in [-0.1, -0.05) is 19.0 Å². The van der Waals surface area contributed by atoms with Gasteiger partial charge in [0.25, 0.3) is 0 Å². The SMILES string of the molecule is CC(C)c1noc(C[C@]2(O)C[C@H]3CC[C@H]2C3)n1. The molecule has 3 atom stereocenters. The third-order valence-corrected chi connectivity index (χ3v) is 4.40. The van der Waals surface area contributed by atoms with Gasteiger partial charge in [-0.15, -0.1) is 0 Å². The molecule has 4 heteroatoms. The highest BCUT2D eigenvalue weighted by Gasteiger charge is 2.50. The molecule has 2 saturated carbocycles. The molecule has 94 valence electrons. The Balaban J connectivity index is 1.74. The highest BCUT2D eigenvalue weighted by atomic mass is 16.5. The molecule has 0 radical (unpaired) electrons. The number of fused-ring (bicyclic) bond motifs is 2. The van der Waals surface area contributed by atoms with Crippen LogP contribution in [0.1, 0.15) is 57.2 Å². The topological polar surface area (TPSA) is 59.2 Å². The van der Waals surface area contributed by atoms with Gasteiger partial charge in [0, 0.05) is 5.92 Å². The van der Waals surface area contributed by atoms with Gasteiger partial charge in [-0.3, -0.25) is 0 Å². The second kappa shape index (κ2) is 3.80. The number of rotatable bonds is 3. The number of hydrogen-bond donors (Lipinski definition) is 1. The largest absolute Gasteiger partial charge is 0.389 e. The quantitative estimate of drug-likeness (QED) is 0.874. The van der Waals surface area contributed by atoms with Crippen LogP contribution in [-0.2, 0) is 6.42 Å². The van der Waals surface area contributed by atoms with Gasteiger partial charge in [-0.05, 0) is 37.5 Å². The molecular weight excluding hydrogens is 216 g/mol. The average Bonchev–Trinajstić information content (AvgIpc) is 2.91. The Morgan fingerprint density at radius 3 is 2.82 bits per heavy atom. The molecule has 0 aromatic carbocycles. The Morgan fingerprint density at radius 1 is 1.47 bits per heavy atom. The van der Waals surface area contributed by atoms with E-state index in [-0.39, 0.29) is 5.92 Å². The van der Waals surface area contributed by atoms with Gasteiger partial charge in [-0.2, -0.15) is 4.98 Å². The maximum atomic E-state index is 10.7. The van der Waals surface area contributed by atoms with Gasteiger partial charge in [0.2, 0.25) is 5.89 Å². The standard InChI is InChI=1S/C13H20N2O2/c1-8(2)12-14-11(17-15-12)7-13(16)6-9-3-4-10(13)5-9/h8-10,16H,3-7H2,1-2H3/t9-,10-,13+/m0/s1. The van der Waals surface area contributed by atoms with E-state index in [9.17, 15) is 5.11 Å². The minimum Gasteiger partial charge on any atom is -0.389 e. The average molecular weight is 236 g/mol. The lowest BCUT2D eigenvalue weighted by atomic mass is 9.82. The van der Waals surface area contributed by atoms with Crippen molar-refractivity contribution in [3.8, 4) is 0 Å². The molecule has 17 heavy (non-hydrogen) atoms. The lowest BCUT2D eigenvalue weighted by Crippen LogP contribution is -2.37. The van der Waals surface area contributed by atoms with E-state index < -0.39 is 5.60 Å². The molecule has 2 fully saturated rings. The molecule has 0 amide bonds. The monoisotopic (exact) mass is 236 g/mol. The fraction of sp³-hybridized carbons (Fsp3) is 0.846. The first-order chi connectivity index (χ1) is 8.07. The Bertz CT molecular complexity index is 415. The molecule has 1 N–H and O–H groups in total. The molecule has 1 heterocycles. The third kappa shape index (κ3) is 1.88. The zero-order chi connectivity index (χ0) is 12.0. The molecule has 4 nitrogen and oxygen atoms in total. The predicted octanol–water partition coefficient (Wildman–Crippen LogP) is 2.29. The minimum atomic E-state index is -0.580. The van der Waals surface area contributed by atoms with E-state index in [2.05, 4.69) is 10.1 Å². The normalized spacial score (nSPS) is 36.0. The van der Waals surface area contributed by atoms with Crippen LogP contribution >= 0.6 is 0 Å². The molecule has 2 aliphatic carbocycles. The van der Waals surface area contributed by atoms with Crippen molar-refractivity contribution in [2.24, 2.45) is 11.8 Å². The van der Waals surface area contributed by atoms with Crippen molar-refractivity contribution in [1.29, 1.82) is 0 Å². The Hall–Kier alpha value is -0.900. The van der Waals surface area contributed by atoms with Crippen LogP contribution in [-0.4, -0.2) is 20.8 Å². The van der Waals surface area contributed by atoms with Crippen LogP contribution in [0.2, 0.25) is 0 Å². The van der Waals surface area contributed by atoms with Gasteiger partial charge in [0.15, 0.2) is 5.82 Å². The zero-order valence-corrected chi connectivity index (χ0v) is 10.5. The number of aromatic nitrogens is 2. The minimum absolute atomic E-state index is 0.280. The van der Waals surface area contributed by atoms with Crippen molar-refractivity contribution in [2.75, 3.05) is 0 Å². The summed E-state index contributed by atoms with van der Waals surface area (Å²) in [6.45, 7) is 4.09. The van der Waals surface area contributed by atoms with Gasteiger partial charge in [-0.25, -0.2) is 0 Å². The van der Waals surface area contributed by atoms with Crippen LogP contribution in [0, 0.1) is 11.8 Å². The van der Waals surface area contributed by atoms with Crippen molar-refractivity contribution in [3.63, 3.8) is 0 Å². The molecule has 1 aromatic rings. The second-order valence-corrected chi connectivity index (χ2v) is 6.06. The van der Waals surface area contributed by atoms with Crippen molar-refractivity contribution >= 4 is 0 Å². The van der Waals surface area contributed by atoms with Gasteiger partial charge in [0.05, 0.1) is 12.0 Å². The van der Waals surface area contributed by atoms with E-state index in [1.165, 1.54) is 12.8 Å². The fourth-order valence-electron chi connectivity index (χ4n) is 3.47. The first-order valence-electron chi connectivity index (χ1n) is 6.62. The van der Waals surface area contributed by atoms with Crippen molar-refractivity contribution in [2.45, 2.75) is 57.5 Å². The lowest BCUT2D eigenvalue weighted by Gasteiger charge is -2.30. The first kappa shape index (κ1) is 11.2. The highest BCUT2D eigenvalue weighted by Crippen LogP contribution is 2.51. The predicted molar refractivity (Wildman–Crippen MR) is 62.5 cm³/mol. The zero-order valence-electron chi connectivity index (χ0n) is 10.5. The molecule has 3 rings (SSSR count). The Kier molecular flexibility index (Phi) is 2.51. The molecule has 2 bridgehead atoms. The highest BCUT2D eigenvalue weighted by molar-refractivity contribution is 5.05. The molecule has 1 aromatic heterocycles. The number of hydrogen-bond acceptors (Lipinski definition) is 4. The molecule has 0 unspecified atom stereocenters. The molecule has 2 aliphatic rings. The molecule has 0 aliphatic heterocycles. The van der Waals surface area contributed by atoms with Crippen molar-refractivity contribution < 1.29 is 9.63 Å². The third-order valence-electron chi connectivity index (χ3n) is 4.40. The summed E-state index contributed by atoms with van der Waals surface area (Å²) in [5.74, 6) is 2.79. The second-order valence-electron chi connectivity index (χ2n) is 6.06. The van der Waals surface area contributed by atoms with Crippen LogP contribution in [0.25, 0.3) is 0 Å². The summed E-state index contributed by atoms with van der Waals surface area (Å²) in [5.41, 5.74) is -0.580. The van der Waals surface area contributed by atoms with E-state index in [4.69, 9.17) is 4.52 Å². The molecule has 0 spiro atoms. The van der Waals surface area contributed by atoms with Crippen LogP contribution in [0.3, 0.4) is 0 Å². The summed E-state index contributed by atoms with van der Waals surface area (Å²) in [4.78, 5) is 4.36. The van der Waals surface area contributed by atoms with Crippen LogP contribution < -0.4 is 0 Å².